The van der Waals surface area contributed by atoms with E-state index < -0.39 is 0 Å². The van der Waals surface area contributed by atoms with Crippen LogP contribution in [0.4, 0.5) is 0 Å². The van der Waals surface area contributed by atoms with Gasteiger partial charge in [-0.05, 0) is 31.5 Å². The Morgan fingerprint density at radius 1 is 1.13 bits per heavy atom. The molecule has 1 aliphatic rings. The maximum absolute atomic E-state index is 12.6. The predicted molar refractivity (Wildman–Crippen MR) is 88.8 cm³/mol. The van der Waals surface area contributed by atoms with Crippen molar-refractivity contribution in [2.45, 2.75) is 19.9 Å². The quantitative estimate of drug-likeness (QED) is 0.808. The molecule has 1 amide bonds. The summed E-state index contributed by atoms with van der Waals surface area (Å²) in [6.45, 7) is 5.67. The van der Waals surface area contributed by atoms with Crippen molar-refractivity contribution >= 4 is 23.0 Å². The molecule has 2 aromatic heterocycles. The molecule has 0 radical (unpaired) electrons. The fraction of sp³-hybridized carbons (Fsp3) is 0.412. The summed E-state index contributed by atoms with van der Waals surface area (Å²) >= 11 is 1.29. The van der Waals surface area contributed by atoms with Crippen LogP contribution in [0.15, 0.2) is 35.1 Å². The van der Waals surface area contributed by atoms with Crippen molar-refractivity contribution in [1.82, 2.24) is 9.80 Å². The highest BCUT2D eigenvalue weighted by atomic mass is 32.1. The van der Waals surface area contributed by atoms with Crippen molar-refractivity contribution in [2.75, 3.05) is 26.2 Å². The molecular formula is C17H20N2O3S. The highest BCUT2D eigenvalue weighted by Gasteiger charge is 2.22. The minimum absolute atomic E-state index is 0.0104. The lowest BCUT2D eigenvalue weighted by Gasteiger charge is -2.21. The summed E-state index contributed by atoms with van der Waals surface area (Å²) in [6, 6.07) is 5.48. The highest BCUT2D eigenvalue weighted by Crippen LogP contribution is 2.20. The number of hydrogen-bond donors (Lipinski definition) is 0. The second-order valence-electron chi connectivity index (χ2n) is 5.77. The van der Waals surface area contributed by atoms with Crippen molar-refractivity contribution in [3.63, 3.8) is 0 Å². The van der Waals surface area contributed by atoms with E-state index in [0.29, 0.717) is 16.3 Å². The zero-order chi connectivity index (χ0) is 16.2. The normalized spacial score (nSPS) is 16.3. The molecule has 0 aromatic carbocycles. The third-order valence-electron chi connectivity index (χ3n) is 4.03. The lowest BCUT2D eigenvalue weighted by Crippen LogP contribution is -2.34. The number of carbonyl (C=O) groups excluding carboxylic acids is 2. The van der Waals surface area contributed by atoms with Crippen LogP contribution < -0.4 is 0 Å². The number of carbonyl (C=O) groups is 2. The number of hydrogen-bond acceptors (Lipinski definition) is 5. The molecule has 0 unspecified atom stereocenters. The van der Waals surface area contributed by atoms with Crippen molar-refractivity contribution in [3.8, 4) is 0 Å². The third kappa shape index (κ3) is 3.89. The minimum atomic E-state index is 0.0104. The lowest BCUT2D eigenvalue weighted by molar-refractivity contribution is 0.0766. The van der Waals surface area contributed by atoms with Crippen LogP contribution >= 0.6 is 11.3 Å². The molecule has 0 bridgehead atoms. The van der Waals surface area contributed by atoms with Crippen LogP contribution in [0.3, 0.4) is 0 Å². The molecule has 3 rings (SSSR count). The molecule has 0 atom stereocenters. The lowest BCUT2D eigenvalue weighted by atomic mass is 10.3. The van der Waals surface area contributed by atoms with E-state index >= 15 is 0 Å². The molecular weight excluding hydrogens is 312 g/mol. The molecule has 0 saturated carbocycles. The molecule has 1 fully saturated rings. The van der Waals surface area contributed by atoms with E-state index in [1.54, 1.807) is 24.7 Å². The zero-order valence-corrected chi connectivity index (χ0v) is 14.0. The number of rotatable bonds is 4. The van der Waals surface area contributed by atoms with E-state index in [4.69, 9.17) is 4.42 Å². The summed E-state index contributed by atoms with van der Waals surface area (Å²) in [7, 11) is 0. The fourth-order valence-corrected chi connectivity index (χ4v) is 3.64. The van der Waals surface area contributed by atoms with Gasteiger partial charge in [-0.3, -0.25) is 14.5 Å². The molecule has 0 N–H and O–H groups in total. The molecule has 0 spiro atoms. The van der Waals surface area contributed by atoms with E-state index in [0.717, 1.165) is 38.2 Å². The van der Waals surface area contributed by atoms with Gasteiger partial charge < -0.3 is 9.32 Å². The van der Waals surface area contributed by atoms with Crippen LogP contribution in [-0.4, -0.2) is 47.7 Å². The van der Waals surface area contributed by atoms with Crippen LogP contribution in [0.2, 0.25) is 0 Å². The van der Waals surface area contributed by atoms with E-state index in [9.17, 15) is 9.59 Å². The molecule has 2 aromatic rings. The van der Waals surface area contributed by atoms with Crippen molar-refractivity contribution in [1.29, 1.82) is 0 Å². The Balaban J connectivity index is 1.60. The maximum Gasteiger partial charge on any atom is 0.263 e. The van der Waals surface area contributed by atoms with Crippen LogP contribution in [0, 0.1) is 0 Å². The van der Waals surface area contributed by atoms with Gasteiger partial charge in [0.25, 0.3) is 5.91 Å². The van der Waals surface area contributed by atoms with Crippen molar-refractivity contribution in [3.05, 3.63) is 46.0 Å². The van der Waals surface area contributed by atoms with Gasteiger partial charge in [-0.2, -0.15) is 0 Å². The first-order valence-electron chi connectivity index (χ1n) is 7.77. The smallest absolute Gasteiger partial charge is 0.263 e. The third-order valence-corrected chi connectivity index (χ3v) is 5.20. The highest BCUT2D eigenvalue weighted by molar-refractivity contribution is 7.15. The number of amides is 1. The van der Waals surface area contributed by atoms with Crippen molar-refractivity contribution < 1.29 is 14.0 Å². The van der Waals surface area contributed by atoms with Gasteiger partial charge >= 0.3 is 0 Å². The van der Waals surface area contributed by atoms with Crippen molar-refractivity contribution in [2.24, 2.45) is 0 Å². The SMILES string of the molecule is CC(=O)c1ccc(C(=O)N2CCCN(Cc3ccoc3)CC2)s1. The van der Waals surface area contributed by atoms with Gasteiger partial charge in [0, 0.05) is 38.3 Å². The van der Waals surface area contributed by atoms with Crippen LogP contribution in [0.1, 0.15) is 38.3 Å². The van der Waals surface area contributed by atoms with Gasteiger partial charge in [-0.15, -0.1) is 11.3 Å². The molecule has 1 saturated heterocycles. The first kappa shape index (κ1) is 16.0. The van der Waals surface area contributed by atoms with E-state index in [1.807, 2.05) is 11.0 Å². The average molecular weight is 332 g/mol. The molecule has 1 aliphatic heterocycles. The molecule has 122 valence electrons. The maximum atomic E-state index is 12.6. The van der Waals surface area contributed by atoms with Gasteiger partial charge in [0.05, 0.1) is 22.3 Å². The first-order valence-corrected chi connectivity index (χ1v) is 8.58. The number of Topliss-reactive ketones (excluding diaryl/α,β-unsaturated/α-hetero) is 1. The van der Waals surface area contributed by atoms with Crippen LogP contribution in [0.5, 0.6) is 0 Å². The van der Waals surface area contributed by atoms with E-state index in [2.05, 4.69) is 4.90 Å². The molecule has 23 heavy (non-hydrogen) atoms. The average Bonchev–Trinajstić information content (AvgIpc) is 3.16. The van der Waals surface area contributed by atoms with Gasteiger partial charge in [0.1, 0.15) is 0 Å². The molecule has 6 heteroatoms. The Hall–Kier alpha value is -1.92. The summed E-state index contributed by atoms with van der Waals surface area (Å²) in [5, 5.41) is 0. The summed E-state index contributed by atoms with van der Waals surface area (Å²) in [4.78, 5) is 29.5. The molecule has 5 nitrogen and oxygen atoms in total. The largest absolute Gasteiger partial charge is 0.472 e. The number of thiophene rings is 1. The second kappa shape index (κ2) is 7.10. The van der Waals surface area contributed by atoms with Crippen LogP contribution in [0.25, 0.3) is 0 Å². The zero-order valence-electron chi connectivity index (χ0n) is 13.2. The topological polar surface area (TPSA) is 53.8 Å². The molecule has 0 aliphatic carbocycles. The fourth-order valence-electron chi connectivity index (χ4n) is 2.77. The Morgan fingerprint density at radius 2 is 1.96 bits per heavy atom. The van der Waals surface area contributed by atoms with Gasteiger partial charge in [-0.1, -0.05) is 0 Å². The Bertz CT molecular complexity index is 678. The molecule has 3 heterocycles. The van der Waals surface area contributed by atoms with Gasteiger partial charge in [-0.25, -0.2) is 0 Å². The first-order chi connectivity index (χ1) is 11.1. The number of ketones is 1. The summed E-state index contributed by atoms with van der Waals surface area (Å²) in [5.41, 5.74) is 1.16. The summed E-state index contributed by atoms with van der Waals surface area (Å²) in [6.07, 6.45) is 4.41. The van der Waals surface area contributed by atoms with Gasteiger partial charge in [0.2, 0.25) is 0 Å². The summed E-state index contributed by atoms with van der Waals surface area (Å²) in [5.74, 6) is 0.0452. The van der Waals surface area contributed by atoms with E-state index in [-0.39, 0.29) is 11.7 Å². The number of furan rings is 1. The number of nitrogens with zero attached hydrogens (tertiary/aromatic N) is 2. The summed E-state index contributed by atoms with van der Waals surface area (Å²) < 4.78 is 5.11. The minimum Gasteiger partial charge on any atom is -0.472 e. The Labute approximate surface area is 139 Å². The Kier molecular flexibility index (Phi) is 4.93. The van der Waals surface area contributed by atoms with Gasteiger partial charge in [0.15, 0.2) is 5.78 Å². The Morgan fingerprint density at radius 3 is 2.65 bits per heavy atom. The van der Waals surface area contributed by atoms with Crippen LogP contribution in [-0.2, 0) is 6.54 Å². The standard InChI is InChI=1S/C17H20N2O3S/c1-13(20)15-3-4-16(23-15)17(21)19-7-2-6-18(8-9-19)11-14-5-10-22-12-14/h3-5,10,12H,2,6-9,11H2,1H3. The monoisotopic (exact) mass is 332 g/mol. The second-order valence-corrected chi connectivity index (χ2v) is 6.86. The van der Waals surface area contributed by atoms with E-state index in [1.165, 1.54) is 18.3 Å². The predicted octanol–water partition coefficient (Wildman–Crippen LogP) is 2.89.